The van der Waals surface area contributed by atoms with Gasteiger partial charge in [0.05, 0.1) is 5.66 Å². The van der Waals surface area contributed by atoms with E-state index in [0.717, 1.165) is 51.6 Å². The van der Waals surface area contributed by atoms with Gasteiger partial charge in [0.2, 0.25) is 11.6 Å². The molecule has 0 aromatic carbocycles. The van der Waals surface area contributed by atoms with Gasteiger partial charge in [0.1, 0.15) is 0 Å². The van der Waals surface area contributed by atoms with E-state index in [1.807, 2.05) is 18.7 Å². The van der Waals surface area contributed by atoms with Crippen LogP contribution in [-0.2, 0) is 0 Å². The fourth-order valence-electron chi connectivity index (χ4n) is 7.26. The summed E-state index contributed by atoms with van der Waals surface area (Å²) in [7, 11) is 0. The predicted molar refractivity (Wildman–Crippen MR) is 119 cm³/mol. The van der Waals surface area contributed by atoms with Crippen molar-refractivity contribution < 1.29 is 8.78 Å². The largest absolute Gasteiger partial charge is 0.339 e. The van der Waals surface area contributed by atoms with Crippen LogP contribution in [0.2, 0.25) is 0 Å². The zero-order valence-electron chi connectivity index (χ0n) is 19.5. The van der Waals surface area contributed by atoms with Crippen LogP contribution in [0.3, 0.4) is 0 Å². The van der Waals surface area contributed by atoms with Crippen LogP contribution in [0.4, 0.5) is 8.78 Å². The van der Waals surface area contributed by atoms with Gasteiger partial charge in [-0.15, -0.1) is 0 Å². The van der Waals surface area contributed by atoms with Crippen molar-refractivity contribution in [2.24, 2.45) is 11.7 Å². The summed E-state index contributed by atoms with van der Waals surface area (Å²) < 4.78 is 33.9. The molecule has 9 nitrogen and oxygen atoms in total. The van der Waals surface area contributed by atoms with Crippen LogP contribution < -0.4 is 33.2 Å². The lowest BCUT2D eigenvalue weighted by atomic mass is 9.89. The van der Waals surface area contributed by atoms with Gasteiger partial charge in [-0.1, -0.05) is 0 Å². The Morgan fingerprint density at radius 3 is 1.91 bits per heavy atom. The number of nitrogens with two attached hydrogens (primary N) is 2. The lowest BCUT2D eigenvalue weighted by Crippen LogP contribution is -2.98. The molecule has 5 fully saturated rings. The number of nitrogens with one attached hydrogen (secondary N) is 4. The minimum absolute atomic E-state index is 0.0153. The molecule has 184 valence electrons. The number of nitrogens with zero attached hydrogens (tertiary/aromatic N) is 3. The second-order valence-corrected chi connectivity index (χ2v) is 11.0. The average Bonchev–Trinajstić information content (AvgIpc) is 3.27. The lowest BCUT2D eigenvalue weighted by Gasteiger charge is -2.65. The third-order valence-corrected chi connectivity index (χ3v) is 8.68. The molecule has 1 saturated carbocycles. The van der Waals surface area contributed by atoms with Gasteiger partial charge in [-0.3, -0.25) is 37.0 Å². The van der Waals surface area contributed by atoms with E-state index in [1.54, 1.807) is 0 Å². The Bertz CT molecular complexity index is 699. The van der Waals surface area contributed by atoms with E-state index in [1.165, 1.54) is 12.8 Å². The smallest absolute Gasteiger partial charge is 0.296 e. The SMILES string of the molecule is CC1(C)NC(NN)(NN)C(F)(F)C(N2CCCC2)(N2CCC[C@H]2C2(N3CCCC3)CC2)N1. The fourth-order valence-corrected chi connectivity index (χ4v) is 7.26. The summed E-state index contributed by atoms with van der Waals surface area (Å²) in [6.07, 6.45) is 8.25. The number of halogens is 2. The van der Waals surface area contributed by atoms with E-state index in [-0.39, 0.29) is 11.6 Å². The Kier molecular flexibility index (Phi) is 5.64. The fraction of sp³-hybridized carbons (Fsp3) is 1.00. The van der Waals surface area contributed by atoms with Gasteiger partial charge in [0, 0.05) is 31.2 Å². The van der Waals surface area contributed by atoms with Crippen LogP contribution in [0.25, 0.3) is 0 Å². The maximum absolute atomic E-state index is 16.9. The van der Waals surface area contributed by atoms with Crippen molar-refractivity contribution in [1.29, 1.82) is 0 Å². The molecular formula is C21H41F2N9. The minimum atomic E-state index is -3.40. The van der Waals surface area contributed by atoms with Crippen LogP contribution >= 0.6 is 0 Å². The van der Waals surface area contributed by atoms with Crippen molar-refractivity contribution in [3.63, 3.8) is 0 Å². The molecule has 32 heavy (non-hydrogen) atoms. The van der Waals surface area contributed by atoms with Crippen molar-refractivity contribution in [1.82, 2.24) is 36.2 Å². The number of hydrogen-bond acceptors (Lipinski definition) is 9. The highest BCUT2D eigenvalue weighted by atomic mass is 19.3. The molecule has 0 bridgehead atoms. The Balaban J connectivity index is 1.63. The van der Waals surface area contributed by atoms with E-state index in [4.69, 9.17) is 11.7 Å². The van der Waals surface area contributed by atoms with Crippen molar-refractivity contribution in [2.45, 2.75) is 100.0 Å². The molecular weight excluding hydrogens is 416 g/mol. The monoisotopic (exact) mass is 457 g/mol. The van der Waals surface area contributed by atoms with E-state index in [0.29, 0.717) is 19.6 Å². The summed E-state index contributed by atoms with van der Waals surface area (Å²) in [5, 5.41) is 6.33. The number of hydrogen-bond donors (Lipinski definition) is 6. The van der Waals surface area contributed by atoms with Crippen LogP contribution in [0.1, 0.15) is 65.2 Å². The normalized spacial score (nSPS) is 39.0. The van der Waals surface area contributed by atoms with Gasteiger partial charge in [-0.25, -0.2) is 10.9 Å². The first-order chi connectivity index (χ1) is 15.2. The molecule has 0 amide bonds. The quantitative estimate of drug-likeness (QED) is 0.186. The molecule has 5 aliphatic rings. The molecule has 11 heteroatoms. The Labute approximate surface area is 189 Å². The van der Waals surface area contributed by atoms with Gasteiger partial charge in [-0.05, 0) is 78.3 Å². The topological polar surface area (TPSA) is 110 Å². The third kappa shape index (κ3) is 3.06. The van der Waals surface area contributed by atoms with E-state index < -0.39 is 23.2 Å². The molecule has 0 aromatic rings. The molecule has 5 rings (SSSR count). The summed E-state index contributed by atoms with van der Waals surface area (Å²) in [6.45, 7) is 7.76. The van der Waals surface area contributed by atoms with Crippen molar-refractivity contribution in [3.05, 3.63) is 0 Å². The summed E-state index contributed by atoms with van der Waals surface area (Å²) in [6, 6.07) is 0.0710. The van der Waals surface area contributed by atoms with Gasteiger partial charge >= 0.3 is 5.92 Å². The highest BCUT2D eigenvalue weighted by Gasteiger charge is 2.77. The lowest BCUT2D eigenvalue weighted by molar-refractivity contribution is -0.318. The maximum Gasteiger partial charge on any atom is 0.339 e. The van der Waals surface area contributed by atoms with E-state index in [9.17, 15) is 0 Å². The summed E-state index contributed by atoms with van der Waals surface area (Å²) in [5.41, 5.74) is 3.83. The van der Waals surface area contributed by atoms with Crippen LogP contribution in [0.5, 0.6) is 0 Å². The van der Waals surface area contributed by atoms with Crippen molar-refractivity contribution in [3.8, 4) is 0 Å². The molecule has 0 aromatic heterocycles. The molecule has 2 atom stereocenters. The van der Waals surface area contributed by atoms with E-state index >= 15 is 8.78 Å². The van der Waals surface area contributed by atoms with Crippen molar-refractivity contribution >= 4 is 0 Å². The minimum Gasteiger partial charge on any atom is -0.296 e. The Hall–Kier alpha value is -0.500. The first kappa shape index (κ1) is 23.3. The molecule has 4 heterocycles. The molecule has 0 spiro atoms. The highest BCUT2D eigenvalue weighted by Crippen LogP contribution is 2.55. The summed E-state index contributed by atoms with van der Waals surface area (Å²) >= 11 is 0. The van der Waals surface area contributed by atoms with Gasteiger partial charge in [0.15, 0.2) is 0 Å². The molecule has 8 N–H and O–H groups in total. The summed E-state index contributed by atoms with van der Waals surface area (Å²) in [4.78, 5) is 6.65. The standard InChI is InChI=1S/C21H41F2N9/c1-17(2)26-20(28-24,29-25)19(22,23)21(27-17,31-13-5-6-14-31)32-15-7-8-16(32)18(9-10-18)30-11-3-4-12-30/h16,26-29H,3-15,24-25H2,1-2H3/t16-,21?/m0/s1. The number of likely N-dealkylation sites (tertiary alicyclic amines) is 3. The van der Waals surface area contributed by atoms with Crippen LogP contribution in [0, 0.1) is 0 Å². The molecule has 4 aliphatic heterocycles. The van der Waals surface area contributed by atoms with Gasteiger partial charge in [-0.2, -0.15) is 8.78 Å². The number of rotatable bonds is 6. The highest BCUT2D eigenvalue weighted by molar-refractivity contribution is 5.22. The molecule has 0 radical (unpaired) electrons. The zero-order chi connectivity index (χ0) is 22.8. The van der Waals surface area contributed by atoms with Crippen molar-refractivity contribution in [2.75, 3.05) is 32.7 Å². The van der Waals surface area contributed by atoms with Gasteiger partial charge < -0.3 is 0 Å². The molecule has 1 unspecified atom stereocenters. The Morgan fingerprint density at radius 1 is 0.812 bits per heavy atom. The summed E-state index contributed by atoms with van der Waals surface area (Å²) in [5.74, 6) is 4.30. The Morgan fingerprint density at radius 2 is 1.38 bits per heavy atom. The predicted octanol–water partition coefficient (Wildman–Crippen LogP) is -0.0266. The van der Waals surface area contributed by atoms with E-state index in [2.05, 4.69) is 31.3 Å². The number of hydrazine groups is 2. The molecule has 1 aliphatic carbocycles. The maximum atomic E-state index is 16.9. The van der Waals surface area contributed by atoms with Gasteiger partial charge in [0.25, 0.3) is 0 Å². The van der Waals surface area contributed by atoms with Crippen LogP contribution in [0.15, 0.2) is 0 Å². The zero-order valence-corrected chi connectivity index (χ0v) is 19.5. The van der Waals surface area contributed by atoms with Crippen LogP contribution in [-0.4, -0.2) is 82.2 Å². The second kappa shape index (κ2) is 7.76. The third-order valence-electron chi connectivity index (χ3n) is 8.68. The average molecular weight is 458 g/mol. The second-order valence-electron chi connectivity index (χ2n) is 11.0. The first-order valence-electron chi connectivity index (χ1n) is 12.4. The number of alkyl halides is 2. The first-order valence-corrected chi connectivity index (χ1v) is 12.4. The molecule has 4 saturated heterocycles.